The second-order valence-corrected chi connectivity index (χ2v) is 5.70. The Hall–Kier alpha value is -2.01. The van der Waals surface area contributed by atoms with Gasteiger partial charge in [0.15, 0.2) is 0 Å². The number of hydrogen-bond acceptors (Lipinski definition) is 4. The van der Waals surface area contributed by atoms with Gasteiger partial charge in [-0.15, -0.1) is 0 Å². The first-order valence-corrected chi connectivity index (χ1v) is 7.39. The standard InChI is InChI=1S/C16H23N5/c1-12-13(11-20(3)18-12)16(10-17)21-9-8-19(2)14-6-4-5-7-15(14)21/h4-7,11,16H,8-10,17H2,1-3H3. The van der Waals surface area contributed by atoms with Crippen molar-refractivity contribution in [3.8, 4) is 0 Å². The molecule has 1 unspecified atom stereocenters. The maximum atomic E-state index is 6.11. The van der Waals surface area contributed by atoms with Crippen molar-refractivity contribution in [3.63, 3.8) is 0 Å². The maximum absolute atomic E-state index is 6.11. The first-order valence-electron chi connectivity index (χ1n) is 7.39. The van der Waals surface area contributed by atoms with Crippen LogP contribution in [0.3, 0.4) is 0 Å². The van der Waals surface area contributed by atoms with E-state index in [1.165, 1.54) is 16.9 Å². The molecule has 1 aliphatic rings. The molecule has 3 rings (SSSR count). The van der Waals surface area contributed by atoms with E-state index in [-0.39, 0.29) is 6.04 Å². The summed E-state index contributed by atoms with van der Waals surface area (Å²) in [6, 6.07) is 8.71. The zero-order valence-electron chi connectivity index (χ0n) is 13.0. The zero-order chi connectivity index (χ0) is 15.0. The van der Waals surface area contributed by atoms with Crippen LogP contribution in [0.25, 0.3) is 0 Å². The lowest BCUT2D eigenvalue weighted by Gasteiger charge is -2.41. The molecule has 5 heteroatoms. The number of benzene rings is 1. The Morgan fingerprint density at radius 3 is 2.52 bits per heavy atom. The van der Waals surface area contributed by atoms with Crippen LogP contribution in [0.15, 0.2) is 30.5 Å². The minimum atomic E-state index is 0.175. The van der Waals surface area contributed by atoms with Crippen LogP contribution in [-0.4, -0.2) is 36.5 Å². The molecule has 1 aliphatic heterocycles. The average molecular weight is 285 g/mol. The van der Waals surface area contributed by atoms with Crippen molar-refractivity contribution in [1.29, 1.82) is 0 Å². The van der Waals surface area contributed by atoms with Gasteiger partial charge < -0.3 is 15.5 Å². The Balaban J connectivity index is 2.03. The number of aryl methyl sites for hydroxylation is 2. The summed E-state index contributed by atoms with van der Waals surface area (Å²) in [5.74, 6) is 0. The average Bonchev–Trinajstić information content (AvgIpc) is 2.81. The summed E-state index contributed by atoms with van der Waals surface area (Å²) in [6.07, 6.45) is 2.09. The number of nitrogens with zero attached hydrogens (tertiary/aromatic N) is 4. The Kier molecular flexibility index (Phi) is 3.59. The quantitative estimate of drug-likeness (QED) is 0.932. The van der Waals surface area contributed by atoms with Gasteiger partial charge in [0.05, 0.1) is 23.1 Å². The van der Waals surface area contributed by atoms with Crippen LogP contribution >= 0.6 is 0 Å². The Bertz CT molecular complexity index is 633. The number of hydrogen-bond donors (Lipinski definition) is 1. The topological polar surface area (TPSA) is 50.3 Å². The highest BCUT2D eigenvalue weighted by atomic mass is 15.3. The van der Waals surface area contributed by atoms with E-state index >= 15 is 0 Å². The SMILES string of the molecule is Cc1nn(C)cc1C(CN)N1CCN(C)c2ccccc21. The molecule has 1 atom stereocenters. The molecule has 2 N–H and O–H groups in total. The molecular weight excluding hydrogens is 262 g/mol. The molecule has 0 aliphatic carbocycles. The van der Waals surface area contributed by atoms with Crippen LogP contribution in [0.5, 0.6) is 0 Å². The van der Waals surface area contributed by atoms with Gasteiger partial charge in [0.25, 0.3) is 0 Å². The van der Waals surface area contributed by atoms with Gasteiger partial charge in [0.2, 0.25) is 0 Å². The summed E-state index contributed by atoms with van der Waals surface area (Å²) < 4.78 is 1.87. The van der Waals surface area contributed by atoms with E-state index in [0.29, 0.717) is 6.54 Å². The lowest BCUT2D eigenvalue weighted by molar-refractivity contribution is 0.607. The summed E-state index contributed by atoms with van der Waals surface area (Å²) in [4.78, 5) is 4.72. The third kappa shape index (κ3) is 2.38. The van der Waals surface area contributed by atoms with Crippen molar-refractivity contribution in [3.05, 3.63) is 41.7 Å². The summed E-state index contributed by atoms with van der Waals surface area (Å²) >= 11 is 0. The van der Waals surface area contributed by atoms with E-state index in [0.717, 1.165) is 18.8 Å². The molecule has 0 fully saturated rings. The van der Waals surface area contributed by atoms with E-state index in [2.05, 4.69) is 59.3 Å². The first kappa shape index (κ1) is 13.9. The van der Waals surface area contributed by atoms with Crippen LogP contribution in [0.2, 0.25) is 0 Å². The van der Waals surface area contributed by atoms with Crippen molar-refractivity contribution in [1.82, 2.24) is 9.78 Å². The zero-order valence-corrected chi connectivity index (χ0v) is 13.0. The molecule has 1 aromatic heterocycles. The normalized spacial score (nSPS) is 16.0. The minimum Gasteiger partial charge on any atom is -0.371 e. The van der Waals surface area contributed by atoms with Gasteiger partial charge in [0, 0.05) is 45.5 Å². The molecule has 0 spiro atoms. The number of para-hydroxylation sites is 2. The summed E-state index contributed by atoms with van der Waals surface area (Å²) in [5, 5.41) is 4.47. The Labute approximate surface area is 126 Å². The van der Waals surface area contributed by atoms with Crippen molar-refractivity contribution in [2.75, 3.05) is 36.5 Å². The maximum Gasteiger partial charge on any atom is 0.0699 e. The van der Waals surface area contributed by atoms with E-state index in [4.69, 9.17) is 5.73 Å². The molecular formula is C16H23N5. The number of likely N-dealkylation sites (N-methyl/N-ethyl adjacent to an activating group) is 1. The van der Waals surface area contributed by atoms with Crippen molar-refractivity contribution in [2.45, 2.75) is 13.0 Å². The van der Waals surface area contributed by atoms with E-state index in [1.807, 2.05) is 11.7 Å². The molecule has 1 aromatic carbocycles. The fourth-order valence-electron chi connectivity index (χ4n) is 3.22. The summed E-state index contributed by atoms with van der Waals surface area (Å²) in [6.45, 7) is 4.63. The molecule has 5 nitrogen and oxygen atoms in total. The predicted octanol–water partition coefficient (Wildman–Crippen LogP) is 1.68. The van der Waals surface area contributed by atoms with Crippen LogP contribution in [0.1, 0.15) is 17.3 Å². The van der Waals surface area contributed by atoms with Gasteiger partial charge in [-0.3, -0.25) is 4.68 Å². The summed E-state index contributed by atoms with van der Waals surface area (Å²) in [7, 11) is 4.10. The molecule has 2 heterocycles. The highest BCUT2D eigenvalue weighted by molar-refractivity contribution is 5.73. The summed E-state index contributed by atoms with van der Waals surface area (Å²) in [5.41, 5.74) is 10.9. The van der Waals surface area contributed by atoms with Crippen LogP contribution in [-0.2, 0) is 7.05 Å². The van der Waals surface area contributed by atoms with Crippen LogP contribution in [0, 0.1) is 6.92 Å². The fourth-order valence-corrected chi connectivity index (χ4v) is 3.22. The monoisotopic (exact) mass is 285 g/mol. The van der Waals surface area contributed by atoms with Crippen molar-refractivity contribution >= 4 is 11.4 Å². The van der Waals surface area contributed by atoms with E-state index in [1.54, 1.807) is 0 Å². The third-order valence-electron chi connectivity index (χ3n) is 4.29. The van der Waals surface area contributed by atoms with Gasteiger partial charge in [-0.2, -0.15) is 5.10 Å². The van der Waals surface area contributed by atoms with E-state index < -0.39 is 0 Å². The number of fused-ring (bicyclic) bond motifs is 1. The van der Waals surface area contributed by atoms with Crippen molar-refractivity contribution in [2.24, 2.45) is 12.8 Å². The number of aromatic nitrogens is 2. The van der Waals surface area contributed by atoms with Gasteiger partial charge in [0.1, 0.15) is 0 Å². The number of anilines is 2. The largest absolute Gasteiger partial charge is 0.371 e. The second kappa shape index (κ2) is 5.41. The highest BCUT2D eigenvalue weighted by Gasteiger charge is 2.28. The predicted molar refractivity (Wildman–Crippen MR) is 86.8 cm³/mol. The Morgan fingerprint density at radius 2 is 1.90 bits per heavy atom. The van der Waals surface area contributed by atoms with Gasteiger partial charge in [-0.25, -0.2) is 0 Å². The number of rotatable bonds is 3. The molecule has 0 saturated carbocycles. The lowest BCUT2D eigenvalue weighted by Crippen LogP contribution is -2.43. The second-order valence-electron chi connectivity index (χ2n) is 5.70. The van der Waals surface area contributed by atoms with Gasteiger partial charge in [-0.05, 0) is 19.1 Å². The van der Waals surface area contributed by atoms with Crippen LogP contribution < -0.4 is 15.5 Å². The van der Waals surface area contributed by atoms with Crippen LogP contribution in [0.4, 0.5) is 11.4 Å². The lowest BCUT2D eigenvalue weighted by atomic mass is 10.0. The van der Waals surface area contributed by atoms with Gasteiger partial charge >= 0.3 is 0 Å². The fraction of sp³-hybridized carbons (Fsp3) is 0.438. The van der Waals surface area contributed by atoms with Crippen molar-refractivity contribution < 1.29 is 0 Å². The molecule has 0 saturated heterocycles. The first-order chi connectivity index (χ1) is 10.1. The molecule has 0 bridgehead atoms. The molecule has 2 aromatic rings. The molecule has 112 valence electrons. The highest BCUT2D eigenvalue weighted by Crippen LogP contribution is 2.37. The van der Waals surface area contributed by atoms with E-state index in [9.17, 15) is 0 Å². The minimum absolute atomic E-state index is 0.175. The molecule has 0 amide bonds. The molecule has 21 heavy (non-hydrogen) atoms. The van der Waals surface area contributed by atoms with Gasteiger partial charge in [-0.1, -0.05) is 12.1 Å². The smallest absolute Gasteiger partial charge is 0.0699 e. The Morgan fingerprint density at radius 1 is 1.19 bits per heavy atom. The molecule has 0 radical (unpaired) electrons. The number of nitrogens with two attached hydrogens (primary N) is 1. The third-order valence-corrected chi connectivity index (χ3v) is 4.29.